The highest BCUT2D eigenvalue weighted by Crippen LogP contribution is 2.23. The Morgan fingerprint density at radius 2 is 1.82 bits per heavy atom. The molecule has 2 nitrogen and oxygen atoms in total. The minimum Gasteiger partial charge on any atom is -0.356 e. The average molecular weight is 262 g/mol. The fourth-order valence-electron chi connectivity index (χ4n) is 1.76. The van der Waals surface area contributed by atoms with E-state index in [0.29, 0.717) is 6.79 Å². The van der Waals surface area contributed by atoms with Crippen LogP contribution < -0.4 is 0 Å². The molecule has 0 aliphatic heterocycles. The second kappa shape index (κ2) is 11.4. The molecule has 104 valence electrons. The first-order valence-electron chi connectivity index (χ1n) is 6.88. The van der Waals surface area contributed by atoms with E-state index >= 15 is 0 Å². The zero-order valence-electron chi connectivity index (χ0n) is 11.9. The van der Waals surface area contributed by atoms with Crippen molar-refractivity contribution in [3.8, 4) is 0 Å². The van der Waals surface area contributed by atoms with Crippen LogP contribution in [-0.2, 0) is 9.47 Å². The fraction of sp³-hybridized carbons (Fsp3) is 1.00. The molecule has 0 heterocycles. The van der Waals surface area contributed by atoms with Gasteiger partial charge in [0.2, 0.25) is 0 Å². The minimum atomic E-state index is 0.435. The lowest BCUT2D eigenvalue weighted by atomic mass is 9.87. The van der Waals surface area contributed by atoms with Gasteiger partial charge < -0.3 is 9.47 Å². The molecule has 0 radical (unpaired) electrons. The summed E-state index contributed by atoms with van der Waals surface area (Å²) in [6, 6.07) is 0. The van der Waals surface area contributed by atoms with Crippen LogP contribution in [0.2, 0.25) is 0 Å². The molecular weight excluding hydrogens is 232 g/mol. The Morgan fingerprint density at radius 1 is 1.12 bits per heavy atom. The maximum Gasteiger partial charge on any atom is 0.146 e. The Kier molecular flexibility index (Phi) is 11.5. The second-order valence-electron chi connectivity index (χ2n) is 5.17. The summed E-state index contributed by atoms with van der Waals surface area (Å²) < 4.78 is 10.5. The van der Waals surface area contributed by atoms with E-state index < -0.39 is 0 Å². The van der Waals surface area contributed by atoms with Crippen LogP contribution in [0.3, 0.4) is 0 Å². The van der Waals surface area contributed by atoms with Crippen LogP contribution in [0.5, 0.6) is 0 Å². The molecule has 0 bridgehead atoms. The van der Waals surface area contributed by atoms with Crippen molar-refractivity contribution < 1.29 is 9.47 Å². The van der Waals surface area contributed by atoms with Gasteiger partial charge in [-0.1, -0.05) is 20.8 Å². The van der Waals surface area contributed by atoms with Crippen molar-refractivity contribution in [1.82, 2.24) is 0 Å². The molecule has 0 amide bonds. The van der Waals surface area contributed by atoms with Crippen LogP contribution in [-0.4, -0.2) is 25.8 Å². The van der Waals surface area contributed by atoms with Crippen molar-refractivity contribution >= 4 is 12.6 Å². The number of ether oxygens (including phenoxy) is 2. The van der Waals surface area contributed by atoms with Gasteiger partial charge in [0.25, 0.3) is 0 Å². The summed E-state index contributed by atoms with van der Waals surface area (Å²) in [5.41, 5.74) is 0. The van der Waals surface area contributed by atoms with Gasteiger partial charge >= 0.3 is 0 Å². The summed E-state index contributed by atoms with van der Waals surface area (Å²) in [5.74, 6) is 3.28. The first kappa shape index (κ1) is 17.3. The van der Waals surface area contributed by atoms with Crippen LogP contribution >= 0.6 is 12.6 Å². The van der Waals surface area contributed by atoms with Gasteiger partial charge in [0.15, 0.2) is 0 Å². The van der Waals surface area contributed by atoms with Crippen LogP contribution in [0.15, 0.2) is 0 Å². The van der Waals surface area contributed by atoms with E-state index in [2.05, 4.69) is 33.4 Å². The molecule has 0 saturated heterocycles. The van der Waals surface area contributed by atoms with Crippen molar-refractivity contribution in [2.45, 2.75) is 47.0 Å². The maximum absolute atomic E-state index is 5.37. The summed E-state index contributed by atoms with van der Waals surface area (Å²) in [4.78, 5) is 0. The van der Waals surface area contributed by atoms with E-state index in [0.717, 1.165) is 43.1 Å². The molecule has 0 fully saturated rings. The van der Waals surface area contributed by atoms with E-state index in [-0.39, 0.29) is 0 Å². The summed E-state index contributed by atoms with van der Waals surface area (Å²) in [6.07, 6.45) is 3.61. The minimum absolute atomic E-state index is 0.435. The first-order valence-corrected chi connectivity index (χ1v) is 7.51. The van der Waals surface area contributed by atoms with Crippen LogP contribution in [0.4, 0.5) is 0 Å². The fourth-order valence-corrected chi connectivity index (χ4v) is 2.09. The standard InChI is InChI=1S/C14H30O2S/c1-5-15-11-16-8-6-7-14(10-17)9-13(4)12(2)3/h12-14,17H,5-11H2,1-4H3. The van der Waals surface area contributed by atoms with Gasteiger partial charge in [-0.05, 0) is 49.7 Å². The third-order valence-electron chi connectivity index (χ3n) is 3.37. The Hall–Kier alpha value is 0.270. The highest BCUT2D eigenvalue weighted by molar-refractivity contribution is 7.80. The Balaban J connectivity index is 3.54. The third kappa shape index (κ3) is 9.93. The molecule has 0 N–H and O–H groups in total. The molecule has 17 heavy (non-hydrogen) atoms. The van der Waals surface area contributed by atoms with Gasteiger partial charge in [-0.15, -0.1) is 0 Å². The molecule has 2 atom stereocenters. The van der Waals surface area contributed by atoms with Gasteiger partial charge in [-0.2, -0.15) is 12.6 Å². The quantitative estimate of drug-likeness (QED) is 0.344. The summed E-state index contributed by atoms with van der Waals surface area (Å²) >= 11 is 4.45. The summed E-state index contributed by atoms with van der Waals surface area (Å²) in [6.45, 7) is 10.9. The lowest BCUT2D eigenvalue weighted by Gasteiger charge is -2.22. The molecule has 0 aliphatic carbocycles. The van der Waals surface area contributed by atoms with Gasteiger partial charge in [0.1, 0.15) is 6.79 Å². The number of rotatable bonds is 11. The summed E-state index contributed by atoms with van der Waals surface area (Å²) in [7, 11) is 0. The lowest BCUT2D eigenvalue weighted by molar-refractivity contribution is -0.0507. The van der Waals surface area contributed by atoms with Crippen molar-refractivity contribution in [2.75, 3.05) is 25.8 Å². The lowest BCUT2D eigenvalue weighted by Crippen LogP contribution is -2.13. The monoisotopic (exact) mass is 262 g/mol. The molecule has 2 unspecified atom stereocenters. The van der Waals surface area contributed by atoms with E-state index in [4.69, 9.17) is 9.47 Å². The largest absolute Gasteiger partial charge is 0.356 e. The van der Waals surface area contributed by atoms with E-state index in [1.807, 2.05) is 6.92 Å². The van der Waals surface area contributed by atoms with Crippen LogP contribution in [0, 0.1) is 17.8 Å². The van der Waals surface area contributed by atoms with Gasteiger partial charge in [-0.25, -0.2) is 0 Å². The van der Waals surface area contributed by atoms with E-state index in [1.165, 1.54) is 12.8 Å². The number of thiol groups is 1. The molecule has 0 spiro atoms. The van der Waals surface area contributed by atoms with Crippen molar-refractivity contribution in [1.29, 1.82) is 0 Å². The van der Waals surface area contributed by atoms with E-state index in [1.54, 1.807) is 0 Å². The topological polar surface area (TPSA) is 18.5 Å². The maximum atomic E-state index is 5.37. The Bertz CT molecular complexity index is 162. The van der Waals surface area contributed by atoms with Crippen molar-refractivity contribution in [2.24, 2.45) is 17.8 Å². The van der Waals surface area contributed by atoms with Gasteiger partial charge in [0.05, 0.1) is 0 Å². The SMILES string of the molecule is CCOCOCCCC(CS)CC(C)C(C)C. The van der Waals surface area contributed by atoms with Crippen molar-refractivity contribution in [3.63, 3.8) is 0 Å². The highest BCUT2D eigenvalue weighted by atomic mass is 32.1. The molecule has 0 aromatic carbocycles. The molecule has 0 rings (SSSR count). The highest BCUT2D eigenvalue weighted by Gasteiger charge is 2.14. The number of hydrogen-bond donors (Lipinski definition) is 1. The molecule has 0 aromatic rings. The summed E-state index contributed by atoms with van der Waals surface area (Å²) in [5, 5.41) is 0. The zero-order chi connectivity index (χ0) is 13.1. The molecule has 0 aromatic heterocycles. The van der Waals surface area contributed by atoms with Crippen LogP contribution in [0.25, 0.3) is 0 Å². The predicted octanol–water partition coefficient (Wildman–Crippen LogP) is 4.01. The molecular formula is C14H30O2S. The van der Waals surface area contributed by atoms with Gasteiger partial charge in [-0.3, -0.25) is 0 Å². The Labute approximate surface area is 113 Å². The average Bonchev–Trinajstić information content (AvgIpc) is 2.31. The zero-order valence-corrected chi connectivity index (χ0v) is 12.8. The smallest absolute Gasteiger partial charge is 0.146 e. The molecule has 0 saturated carbocycles. The molecule has 0 aliphatic rings. The normalized spacial score (nSPS) is 15.2. The van der Waals surface area contributed by atoms with E-state index in [9.17, 15) is 0 Å². The third-order valence-corrected chi connectivity index (χ3v) is 3.89. The second-order valence-corrected chi connectivity index (χ2v) is 5.53. The number of hydrogen-bond acceptors (Lipinski definition) is 3. The Morgan fingerprint density at radius 3 is 2.35 bits per heavy atom. The first-order chi connectivity index (χ1) is 8.11. The predicted molar refractivity (Wildman–Crippen MR) is 77.6 cm³/mol. The van der Waals surface area contributed by atoms with Gasteiger partial charge in [0, 0.05) is 13.2 Å². The van der Waals surface area contributed by atoms with Crippen molar-refractivity contribution in [3.05, 3.63) is 0 Å². The van der Waals surface area contributed by atoms with Crippen LogP contribution in [0.1, 0.15) is 47.0 Å². The molecule has 3 heteroatoms.